The fraction of sp³-hybridized carbons (Fsp3) is 0.583. The summed E-state index contributed by atoms with van der Waals surface area (Å²) in [6.07, 6.45) is 18.6. The molecular weight excluding hydrogens is 326 g/mol. The van der Waals surface area contributed by atoms with E-state index in [9.17, 15) is 8.78 Å². The SMILES string of the molecule is CC=CC1C=CC(C2CCC(CCc3ccc(C)c(F)c3F)CC2)CC1. The second-order valence-corrected chi connectivity index (χ2v) is 8.30. The zero-order valence-electron chi connectivity index (χ0n) is 16.2. The van der Waals surface area contributed by atoms with Crippen LogP contribution in [0.15, 0.2) is 36.4 Å². The molecule has 0 aromatic heterocycles. The van der Waals surface area contributed by atoms with E-state index in [2.05, 4.69) is 31.2 Å². The first-order chi connectivity index (χ1) is 12.6. The van der Waals surface area contributed by atoms with Gasteiger partial charge in [0.05, 0.1) is 0 Å². The zero-order chi connectivity index (χ0) is 18.5. The van der Waals surface area contributed by atoms with Crippen LogP contribution in [0.5, 0.6) is 0 Å². The lowest BCUT2D eigenvalue weighted by atomic mass is 9.71. The number of hydrogen-bond donors (Lipinski definition) is 0. The smallest absolute Gasteiger partial charge is 0.162 e. The van der Waals surface area contributed by atoms with Crippen molar-refractivity contribution in [3.63, 3.8) is 0 Å². The molecule has 2 unspecified atom stereocenters. The molecule has 2 aliphatic rings. The largest absolute Gasteiger partial charge is 0.203 e. The van der Waals surface area contributed by atoms with Crippen LogP contribution < -0.4 is 0 Å². The van der Waals surface area contributed by atoms with Crippen molar-refractivity contribution in [3.05, 3.63) is 59.2 Å². The van der Waals surface area contributed by atoms with E-state index >= 15 is 0 Å². The van der Waals surface area contributed by atoms with Gasteiger partial charge in [0.15, 0.2) is 11.6 Å². The average molecular weight is 359 g/mol. The molecule has 1 fully saturated rings. The van der Waals surface area contributed by atoms with Gasteiger partial charge in [-0.15, -0.1) is 0 Å². The van der Waals surface area contributed by atoms with Crippen LogP contribution in [-0.2, 0) is 6.42 Å². The summed E-state index contributed by atoms with van der Waals surface area (Å²) in [6.45, 7) is 3.71. The van der Waals surface area contributed by atoms with Crippen molar-refractivity contribution >= 4 is 0 Å². The summed E-state index contributed by atoms with van der Waals surface area (Å²) in [7, 11) is 0. The lowest BCUT2D eigenvalue weighted by molar-refractivity contribution is 0.208. The fourth-order valence-electron chi connectivity index (χ4n) is 4.81. The summed E-state index contributed by atoms with van der Waals surface area (Å²) in [5, 5.41) is 0. The van der Waals surface area contributed by atoms with Gasteiger partial charge in [0, 0.05) is 0 Å². The van der Waals surface area contributed by atoms with E-state index in [0.29, 0.717) is 29.4 Å². The van der Waals surface area contributed by atoms with Gasteiger partial charge >= 0.3 is 0 Å². The first-order valence-electron chi connectivity index (χ1n) is 10.3. The van der Waals surface area contributed by atoms with E-state index in [1.54, 1.807) is 19.1 Å². The Hall–Kier alpha value is -1.44. The molecule has 3 rings (SSSR count). The van der Waals surface area contributed by atoms with Gasteiger partial charge in [-0.1, -0.05) is 49.3 Å². The van der Waals surface area contributed by atoms with Gasteiger partial charge in [-0.2, -0.15) is 0 Å². The lowest BCUT2D eigenvalue weighted by Gasteiger charge is -2.34. The van der Waals surface area contributed by atoms with Crippen molar-refractivity contribution in [2.45, 2.75) is 65.2 Å². The van der Waals surface area contributed by atoms with Gasteiger partial charge in [-0.25, -0.2) is 8.78 Å². The molecule has 1 aromatic carbocycles. The highest BCUT2D eigenvalue weighted by Gasteiger charge is 2.28. The summed E-state index contributed by atoms with van der Waals surface area (Å²) in [5.41, 5.74) is 0.935. The van der Waals surface area contributed by atoms with Gasteiger partial charge in [0.1, 0.15) is 0 Å². The Bertz CT molecular complexity index is 650. The van der Waals surface area contributed by atoms with Gasteiger partial charge < -0.3 is 0 Å². The van der Waals surface area contributed by atoms with Crippen LogP contribution in [0.25, 0.3) is 0 Å². The monoisotopic (exact) mass is 358 g/mol. The van der Waals surface area contributed by atoms with E-state index in [0.717, 1.165) is 18.3 Å². The Morgan fingerprint density at radius 1 is 0.962 bits per heavy atom. The molecule has 0 N–H and O–H groups in total. The highest BCUT2D eigenvalue weighted by molar-refractivity contribution is 5.25. The van der Waals surface area contributed by atoms with Crippen LogP contribution >= 0.6 is 0 Å². The molecule has 2 aliphatic carbocycles. The highest BCUT2D eigenvalue weighted by Crippen LogP contribution is 2.40. The quantitative estimate of drug-likeness (QED) is 0.489. The van der Waals surface area contributed by atoms with Crippen molar-refractivity contribution in [3.8, 4) is 0 Å². The maximum Gasteiger partial charge on any atom is 0.162 e. The molecule has 0 radical (unpaired) electrons. The van der Waals surface area contributed by atoms with E-state index in [-0.39, 0.29) is 0 Å². The van der Waals surface area contributed by atoms with Crippen LogP contribution in [0.1, 0.15) is 63.0 Å². The third-order valence-electron chi connectivity index (χ3n) is 6.55. The zero-order valence-corrected chi connectivity index (χ0v) is 16.2. The maximum atomic E-state index is 14.0. The van der Waals surface area contributed by atoms with E-state index in [4.69, 9.17) is 0 Å². The lowest BCUT2D eigenvalue weighted by Crippen LogP contribution is -2.23. The van der Waals surface area contributed by atoms with E-state index in [1.807, 2.05) is 0 Å². The molecule has 0 saturated heterocycles. The van der Waals surface area contributed by atoms with Crippen molar-refractivity contribution in [1.82, 2.24) is 0 Å². The second kappa shape index (κ2) is 8.97. The highest BCUT2D eigenvalue weighted by atomic mass is 19.2. The Morgan fingerprint density at radius 3 is 2.38 bits per heavy atom. The molecule has 0 aliphatic heterocycles. The standard InChI is InChI=1S/C24H32F2/c1-3-4-18-6-12-20(13-7-18)21-14-8-19(9-15-21)10-16-22-11-5-17(2)23(25)24(22)26/h3-6,11-12,18-21H,7-10,13-16H2,1-2H3. The van der Waals surface area contributed by atoms with Crippen LogP contribution in [0, 0.1) is 42.2 Å². The third kappa shape index (κ3) is 4.64. The first kappa shape index (κ1) is 19.3. The summed E-state index contributed by atoms with van der Waals surface area (Å²) in [4.78, 5) is 0. The average Bonchev–Trinajstić information content (AvgIpc) is 2.67. The molecule has 142 valence electrons. The minimum absolute atomic E-state index is 0.393. The minimum Gasteiger partial charge on any atom is -0.203 e. The molecule has 1 saturated carbocycles. The summed E-state index contributed by atoms with van der Waals surface area (Å²) in [5.74, 6) is 1.56. The Balaban J connectivity index is 1.46. The minimum atomic E-state index is -0.675. The molecule has 1 aromatic rings. The van der Waals surface area contributed by atoms with E-state index < -0.39 is 11.6 Å². The number of allylic oxidation sites excluding steroid dienone is 4. The summed E-state index contributed by atoms with van der Waals surface area (Å²) in [6, 6.07) is 3.45. The molecule has 0 nitrogen and oxygen atoms in total. The molecular formula is C24H32F2. The fourth-order valence-corrected chi connectivity index (χ4v) is 4.81. The number of halogens is 2. The van der Waals surface area contributed by atoms with Crippen molar-refractivity contribution in [1.29, 1.82) is 0 Å². The summed E-state index contributed by atoms with van der Waals surface area (Å²) < 4.78 is 27.7. The van der Waals surface area contributed by atoms with Crippen LogP contribution in [0.2, 0.25) is 0 Å². The van der Waals surface area contributed by atoms with Crippen LogP contribution in [-0.4, -0.2) is 0 Å². The predicted molar refractivity (Wildman–Crippen MR) is 105 cm³/mol. The first-order valence-corrected chi connectivity index (χ1v) is 10.3. The van der Waals surface area contributed by atoms with Crippen molar-refractivity contribution in [2.24, 2.45) is 23.7 Å². The van der Waals surface area contributed by atoms with Gasteiger partial charge in [0.25, 0.3) is 0 Å². The number of benzene rings is 1. The van der Waals surface area contributed by atoms with Crippen molar-refractivity contribution < 1.29 is 8.78 Å². The molecule has 26 heavy (non-hydrogen) atoms. The second-order valence-electron chi connectivity index (χ2n) is 8.30. The van der Waals surface area contributed by atoms with Crippen LogP contribution in [0.4, 0.5) is 8.78 Å². The normalized spacial score (nSPS) is 29.4. The number of aryl methyl sites for hydroxylation is 2. The Morgan fingerprint density at radius 2 is 1.73 bits per heavy atom. The van der Waals surface area contributed by atoms with Gasteiger partial charge in [0.2, 0.25) is 0 Å². The molecule has 0 heterocycles. The van der Waals surface area contributed by atoms with Crippen molar-refractivity contribution in [2.75, 3.05) is 0 Å². The van der Waals surface area contributed by atoms with Gasteiger partial charge in [-0.3, -0.25) is 0 Å². The maximum absolute atomic E-state index is 14.0. The molecule has 2 heteroatoms. The number of rotatable bonds is 5. The molecule has 0 spiro atoms. The predicted octanol–water partition coefficient (Wildman–Crippen LogP) is 7.17. The molecule has 2 atom stereocenters. The molecule has 0 amide bonds. The Kier molecular flexibility index (Phi) is 6.67. The molecule has 0 bridgehead atoms. The topological polar surface area (TPSA) is 0 Å². The van der Waals surface area contributed by atoms with E-state index in [1.165, 1.54) is 38.5 Å². The Labute approximate surface area is 157 Å². The third-order valence-corrected chi connectivity index (χ3v) is 6.55. The summed E-state index contributed by atoms with van der Waals surface area (Å²) >= 11 is 0. The number of hydrogen-bond acceptors (Lipinski definition) is 0. The van der Waals surface area contributed by atoms with Gasteiger partial charge in [-0.05, 0) is 87.2 Å². The van der Waals surface area contributed by atoms with Crippen LogP contribution in [0.3, 0.4) is 0 Å².